The van der Waals surface area contributed by atoms with Gasteiger partial charge in [0.25, 0.3) is 5.91 Å². The average molecular weight is 396 g/mol. The number of rotatable bonds is 4. The molecule has 3 rings (SSSR count). The fourth-order valence-electron chi connectivity index (χ4n) is 3.27. The number of hydrogen-bond donors (Lipinski definition) is 2. The van der Waals surface area contributed by atoms with Crippen LogP contribution in [0.3, 0.4) is 0 Å². The molecule has 29 heavy (non-hydrogen) atoms. The quantitative estimate of drug-likeness (QED) is 0.824. The van der Waals surface area contributed by atoms with E-state index in [1.54, 1.807) is 20.8 Å². The lowest BCUT2D eigenvalue weighted by molar-refractivity contribution is -0.134. The fraction of sp³-hybridized carbons (Fsp3) is 0.318. The number of anilines is 2. The molecule has 1 heterocycles. The molecule has 2 N–H and O–H groups in total. The predicted octanol–water partition coefficient (Wildman–Crippen LogP) is 3.53. The summed E-state index contributed by atoms with van der Waals surface area (Å²) in [4.78, 5) is 38.7. The van der Waals surface area contributed by atoms with E-state index in [-0.39, 0.29) is 23.1 Å². The number of nitrogens with zero attached hydrogens (tertiary/aromatic N) is 1. The summed E-state index contributed by atoms with van der Waals surface area (Å²) >= 11 is 0. The molecule has 1 atom stereocenters. The number of aromatic carboxylic acids is 1. The standard InChI is InChI=1S/C22H24N2O5/c1-12-7-6-8-16(13(12)2)23-19(25)14(3)24-17-10-9-15(20(26)27)11-18(17)29-22(4,5)21(24)28/h6-11,14H,1-5H3,(H,23,25)(H,26,27). The van der Waals surface area contributed by atoms with Crippen molar-refractivity contribution in [3.05, 3.63) is 53.1 Å². The highest BCUT2D eigenvalue weighted by Crippen LogP contribution is 2.39. The van der Waals surface area contributed by atoms with Crippen LogP contribution in [0.25, 0.3) is 0 Å². The second kappa shape index (κ2) is 7.24. The SMILES string of the molecule is Cc1cccc(NC(=O)C(C)N2C(=O)C(C)(C)Oc3cc(C(=O)O)ccc32)c1C. The summed E-state index contributed by atoms with van der Waals surface area (Å²) in [7, 11) is 0. The Balaban J connectivity index is 1.97. The number of aryl methyl sites for hydroxylation is 1. The first kappa shape index (κ1) is 20.4. The number of ether oxygens (including phenoxy) is 1. The third kappa shape index (κ3) is 3.68. The third-order valence-corrected chi connectivity index (χ3v) is 5.19. The molecule has 2 aromatic carbocycles. The summed E-state index contributed by atoms with van der Waals surface area (Å²) in [6.07, 6.45) is 0. The number of carbonyl (C=O) groups excluding carboxylic acids is 2. The lowest BCUT2D eigenvalue weighted by Crippen LogP contribution is -2.58. The fourth-order valence-corrected chi connectivity index (χ4v) is 3.27. The summed E-state index contributed by atoms with van der Waals surface area (Å²) in [5.41, 5.74) is 1.85. The Kier molecular flexibility index (Phi) is 5.09. The van der Waals surface area contributed by atoms with E-state index in [2.05, 4.69) is 5.32 Å². The van der Waals surface area contributed by atoms with Gasteiger partial charge < -0.3 is 15.2 Å². The maximum Gasteiger partial charge on any atom is 0.335 e. The maximum absolute atomic E-state index is 13.1. The summed E-state index contributed by atoms with van der Waals surface area (Å²) in [5, 5.41) is 12.1. The maximum atomic E-state index is 13.1. The minimum absolute atomic E-state index is 0.0429. The number of benzene rings is 2. The van der Waals surface area contributed by atoms with Crippen molar-refractivity contribution >= 4 is 29.2 Å². The first-order valence-corrected chi connectivity index (χ1v) is 9.30. The van der Waals surface area contributed by atoms with Crippen LogP contribution in [-0.4, -0.2) is 34.5 Å². The molecule has 2 aromatic rings. The smallest absolute Gasteiger partial charge is 0.335 e. The van der Waals surface area contributed by atoms with Gasteiger partial charge in [0, 0.05) is 5.69 Å². The zero-order valence-electron chi connectivity index (χ0n) is 17.1. The van der Waals surface area contributed by atoms with Crippen LogP contribution in [-0.2, 0) is 9.59 Å². The Bertz CT molecular complexity index is 1010. The van der Waals surface area contributed by atoms with E-state index in [1.165, 1.54) is 23.1 Å². The van der Waals surface area contributed by atoms with E-state index in [4.69, 9.17) is 4.74 Å². The molecule has 1 aliphatic heterocycles. The van der Waals surface area contributed by atoms with E-state index >= 15 is 0 Å². The molecule has 0 aliphatic carbocycles. The van der Waals surface area contributed by atoms with Gasteiger partial charge in [0.05, 0.1) is 11.3 Å². The van der Waals surface area contributed by atoms with Crippen LogP contribution in [0.5, 0.6) is 5.75 Å². The topological polar surface area (TPSA) is 95.9 Å². The predicted molar refractivity (Wildman–Crippen MR) is 110 cm³/mol. The van der Waals surface area contributed by atoms with E-state index in [1.807, 2.05) is 32.0 Å². The van der Waals surface area contributed by atoms with E-state index < -0.39 is 17.6 Å². The molecule has 0 radical (unpaired) electrons. The minimum Gasteiger partial charge on any atom is -0.478 e. The molecule has 0 spiro atoms. The lowest BCUT2D eigenvalue weighted by Gasteiger charge is -2.41. The molecular formula is C22H24N2O5. The molecule has 0 fully saturated rings. The van der Waals surface area contributed by atoms with Crippen LogP contribution >= 0.6 is 0 Å². The summed E-state index contributed by atoms with van der Waals surface area (Å²) in [5.74, 6) is -1.58. The van der Waals surface area contributed by atoms with Crippen LogP contribution in [0, 0.1) is 13.8 Å². The van der Waals surface area contributed by atoms with Gasteiger partial charge in [-0.15, -0.1) is 0 Å². The molecule has 2 amide bonds. The highest BCUT2D eigenvalue weighted by atomic mass is 16.5. The number of hydrogen-bond acceptors (Lipinski definition) is 4. The van der Waals surface area contributed by atoms with E-state index in [0.717, 1.165) is 11.1 Å². The Labute approximate surface area is 169 Å². The minimum atomic E-state index is -1.24. The third-order valence-electron chi connectivity index (χ3n) is 5.19. The second-order valence-electron chi connectivity index (χ2n) is 7.69. The normalized spacial score (nSPS) is 15.9. The van der Waals surface area contributed by atoms with Gasteiger partial charge in [0.1, 0.15) is 11.8 Å². The largest absolute Gasteiger partial charge is 0.478 e. The Morgan fingerprint density at radius 1 is 1.17 bits per heavy atom. The van der Waals surface area contributed by atoms with Gasteiger partial charge in [0.15, 0.2) is 5.60 Å². The zero-order chi connectivity index (χ0) is 21.5. The van der Waals surface area contributed by atoms with Crippen molar-refractivity contribution in [2.24, 2.45) is 0 Å². The van der Waals surface area contributed by atoms with Crippen molar-refractivity contribution in [2.75, 3.05) is 10.2 Å². The van der Waals surface area contributed by atoms with Crippen molar-refractivity contribution in [3.8, 4) is 5.75 Å². The van der Waals surface area contributed by atoms with E-state index in [9.17, 15) is 19.5 Å². The van der Waals surface area contributed by atoms with Gasteiger partial charge in [-0.1, -0.05) is 12.1 Å². The van der Waals surface area contributed by atoms with Crippen molar-refractivity contribution in [2.45, 2.75) is 46.3 Å². The zero-order valence-corrected chi connectivity index (χ0v) is 17.1. The van der Waals surface area contributed by atoms with Gasteiger partial charge >= 0.3 is 5.97 Å². The summed E-state index contributed by atoms with van der Waals surface area (Å²) in [6.45, 7) is 8.69. The number of carboxylic acid groups (broad SMARTS) is 1. The molecule has 1 unspecified atom stereocenters. The Morgan fingerprint density at radius 3 is 2.52 bits per heavy atom. The number of fused-ring (bicyclic) bond motifs is 1. The first-order chi connectivity index (χ1) is 13.5. The average Bonchev–Trinajstić information content (AvgIpc) is 2.65. The molecule has 0 saturated carbocycles. The van der Waals surface area contributed by atoms with Gasteiger partial charge in [0.2, 0.25) is 5.91 Å². The van der Waals surface area contributed by atoms with Crippen LogP contribution in [0.1, 0.15) is 42.3 Å². The number of carbonyl (C=O) groups is 3. The lowest BCUT2D eigenvalue weighted by atomic mass is 10.0. The van der Waals surface area contributed by atoms with Gasteiger partial charge in [-0.25, -0.2) is 4.79 Å². The summed E-state index contributed by atoms with van der Waals surface area (Å²) in [6, 6.07) is 9.04. The van der Waals surface area contributed by atoms with Crippen LogP contribution in [0.4, 0.5) is 11.4 Å². The number of carboxylic acids is 1. The molecular weight excluding hydrogens is 372 g/mol. The van der Waals surface area contributed by atoms with Crippen LogP contribution in [0.15, 0.2) is 36.4 Å². The Hall–Kier alpha value is -3.35. The number of amides is 2. The first-order valence-electron chi connectivity index (χ1n) is 9.30. The molecule has 7 nitrogen and oxygen atoms in total. The van der Waals surface area contributed by atoms with Crippen LogP contribution < -0.4 is 15.0 Å². The molecule has 0 aromatic heterocycles. The highest BCUT2D eigenvalue weighted by molar-refractivity contribution is 6.09. The van der Waals surface area contributed by atoms with Crippen molar-refractivity contribution in [1.82, 2.24) is 0 Å². The van der Waals surface area contributed by atoms with Gasteiger partial charge in [-0.2, -0.15) is 0 Å². The molecule has 0 bridgehead atoms. The molecule has 152 valence electrons. The monoisotopic (exact) mass is 396 g/mol. The van der Waals surface area contributed by atoms with E-state index in [0.29, 0.717) is 11.4 Å². The molecule has 0 saturated heterocycles. The van der Waals surface area contributed by atoms with Crippen molar-refractivity contribution < 1.29 is 24.2 Å². The van der Waals surface area contributed by atoms with Crippen LogP contribution in [0.2, 0.25) is 0 Å². The highest BCUT2D eigenvalue weighted by Gasteiger charge is 2.44. The Morgan fingerprint density at radius 2 is 1.86 bits per heavy atom. The van der Waals surface area contributed by atoms with Gasteiger partial charge in [-0.3, -0.25) is 14.5 Å². The summed E-state index contributed by atoms with van der Waals surface area (Å²) < 4.78 is 5.75. The van der Waals surface area contributed by atoms with Crippen molar-refractivity contribution in [1.29, 1.82) is 0 Å². The molecule has 1 aliphatic rings. The second-order valence-corrected chi connectivity index (χ2v) is 7.69. The van der Waals surface area contributed by atoms with Gasteiger partial charge in [-0.05, 0) is 70.0 Å². The number of nitrogens with one attached hydrogen (secondary N) is 1. The molecule has 7 heteroatoms. The van der Waals surface area contributed by atoms with Crippen molar-refractivity contribution in [3.63, 3.8) is 0 Å².